The minimum absolute atomic E-state index is 0.101. The maximum atomic E-state index is 13.8. The number of amides is 1. The number of carbonyl (C=O) groups excluding carboxylic acids is 1. The van der Waals surface area contributed by atoms with Crippen molar-refractivity contribution in [2.45, 2.75) is 26.0 Å². The molecule has 0 aliphatic carbocycles. The standard InChI is InChI=1S/C17H21FN2O3/c1-3-9-22-15-5-6-16(18)13(10-15)12-23-17(21)20-8-7-19-11-14(20)4-2/h1,5-6,10,14,19H,4,7-9,11-12H2,2H3/t14-/m1/s1. The lowest BCUT2D eigenvalue weighted by atomic mass is 10.1. The van der Waals surface area contributed by atoms with Crippen molar-refractivity contribution in [1.29, 1.82) is 0 Å². The molecule has 124 valence electrons. The Morgan fingerprint density at radius 2 is 2.39 bits per heavy atom. The minimum atomic E-state index is -0.446. The number of benzene rings is 1. The van der Waals surface area contributed by atoms with Gasteiger partial charge >= 0.3 is 6.09 Å². The molecule has 1 N–H and O–H groups in total. The summed E-state index contributed by atoms with van der Waals surface area (Å²) in [6.45, 7) is 4.04. The van der Waals surface area contributed by atoms with Crippen LogP contribution in [0.2, 0.25) is 0 Å². The molecule has 1 aromatic carbocycles. The van der Waals surface area contributed by atoms with E-state index in [9.17, 15) is 9.18 Å². The molecular weight excluding hydrogens is 299 g/mol. The highest BCUT2D eigenvalue weighted by atomic mass is 19.1. The van der Waals surface area contributed by atoms with Crippen LogP contribution in [0.15, 0.2) is 18.2 Å². The molecule has 1 heterocycles. The second-order valence-electron chi connectivity index (χ2n) is 5.26. The Balaban J connectivity index is 1.96. The fourth-order valence-corrected chi connectivity index (χ4v) is 2.46. The SMILES string of the molecule is C#CCOc1ccc(F)c(COC(=O)N2CCNC[C@H]2CC)c1. The zero-order valence-electron chi connectivity index (χ0n) is 13.2. The molecule has 5 nitrogen and oxygen atoms in total. The van der Waals surface area contributed by atoms with Gasteiger partial charge in [-0.25, -0.2) is 9.18 Å². The van der Waals surface area contributed by atoms with Crippen LogP contribution in [0.5, 0.6) is 5.75 Å². The predicted molar refractivity (Wildman–Crippen MR) is 84.6 cm³/mol. The Hall–Kier alpha value is -2.26. The summed E-state index contributed by atoms with van der Waals surface area (Å²) in [5.74, 6) is 2.34. The summed E-state index contributed by atoms with van der Waals surface area (Å²) in [6.07, 6.45) is 5.54. The van der Waals surface area contributed by atoms with E-state index >= 15 is 0 Å². The molecule has 1 atom stereocenters. The first kappa shape index (κ1) is 17.1. The Bertz CT molecular complexity index is 586. The fraction of sp³-hybridized carbons (Fsp3) is 0.471. The number of carbonyl (C=O) groups is 1. The minimum Gasteiger partial charge on any atom is -0.481 e. The molecule has 1 amide bonds. The van der Waals surface area contributed by atoms with Crippen LogP contribution in [-0.2, 0) is 11.3 Å². The Morgan fingerprint density at radius 1 is 1.57 bits per heavy atom. The van der Waals surface area contributed by atoms with Crippen LogP contribution in [0.1, 0.15) is 18.9 Å². The van der Waals surface area contributed by atoms with Crippen molar-refractivity contribution in [3.05, 3.63) is 29.6 Å². The molecular formula is C17H21FN2O3. The quantitative estimate of drug-likeness (QED) is 0.845. The van der Waals surface area contributed by atoms with Gasteiger partial charge in [-0.15, -0.1) is 6.42 Å². The summed E-state index contributed by atoms with van der Waals surface area (Å²) in [7, 11) is 0. The van der Waals surface area contributed by atoms with E-state index in [1.807, 2.05) is 6.92 Å². The van der Waals surface area contributed by atoms with Crippen molar-refractivity contribution in [3.63, 3.8) is 0 Å². The summed E-state index contributed by atoms with van der Waals surface area (Å²) >= 11 is 0. The van der Waals surface area contributed by atoms with E-state index in [0.717, 1.165) is 19.5 Å². The van der Waals surface area contributed by atoms with Crippen molar-refractivity contribution in [1.82, 2.24) is 10.2 Å². The number of hydrogen-bond acceptors (Lipinski definition) is 4. The number of terminal acetylenes is 1. The van der Waals surface area contributed by atoms with Crippen LogP contribution in [0, 0.1) is 18.2 Å². The maximum Gasteiger partial charge on any atom is 0.410 e. The first-order valence-corrected chi connectivity index (χ1v) is 7.64. The molecule has 0 aromatic heterocycles. The van der Waals surface area contributed by atoms with Gasteiger partial charge in [-0.3, -0.25) is 0 Å². The van der Waals surface area contributed by atoms with Gasteiger partial charge in [-0.2, -0.15) is 0 Å². The van der Waals surface area contributed by atoms with Crippen LogP contribution < -0.4 is 10.1 Å². The number of ether oxygens (including phenoxy) is 2. The molecule has 1 saturated heterocycles. The van der Waals surface area contributed by atoms with E-state index in [-0.39, 0.29) is 24.8 Å². The summed E-state index contributed by atoms with van der Waals surface area (Å²) in [6, 6.07) is 4.36. The average molecular weight is 320 g/mol. The number of nitrogens with one attached hydrogen (secondary N) is 1. The highest BCUT2D eigenvalue weighted by Gasteiger charge is 2.26. The Morgan fingerprint density at radius 3 is 3.13 bits per heavy atom. The molecule has 1 aromatic rings. The second kappa shape index (κ2) is 8.39. The number of halogens is 1. The highest BCUT2D eigenvalue weighted by molar-refractivity contribution is 5.68. The second-order valence-corrected chi connectivity index (χ2v) is 5.26. The molecule has 1 fully saturated rings. The predicted octanol–water partition coefficient (Wildman–Crippen LogP) is 2.16. The molecule has 6 heteroatoms. The van der Waals surface area contributed by atoms with Gasteiger partial charge in [0.15, 0.2) is 0 Å². The molecule has 1 aliphatic rings. The molecule has 0 bridgehead atoms. The third kappa shape index (κ3) is 4.60. The Kier molecular flexibility index (Phi) is 6.24. The van der Waals surface area contributed by atoms with Gasteiger partial charge in [0.1, 0.15) is 24.8 Å². The van der Waals surface area contributed by atoms with Crippen molar-refractivity contribution in [3.8, 4) is 18.1 Å². The van der Waals surface area contributed by atoms with Gasteiger partial charge in [0.05, 0.1) is 0 Å². The molecule has 2 rings (SSSR count). The molecule has 1 aliphatic heterocycles. The lowest BCUT2D eigenvalue weighted by molar-refractivity contribution is 0.0706. The van der Waals surface area contributed by atoms with Gasteiger partial charge in [0.2, 0.25) is 0 Å². The van der Waals surface area contributed by atoms with Gasteiger partial charge in [0.25, 0.3) is 0 Å². The maximum absolute atomic E-state index is 13.8. The van der Waals surface area contributed by atoms with Crippen LogP contribution in [0.3, 0.4) is 0 Å². The Labute approximate surface area is 135 Å². The van der Waals surface area contributed by atoms with Crippen LogP contribution >= 0.6 is 0 Å². The van der Waals surface area contributed by atoms with Gasteiger partial charge in [-0.05, 0) is 24.6 Å². The van der Waals surface area contributed by atoms with Crippen LogP contribution in [0.4, 0.5) is 9.18 Å². The smallest absolute Gasteiger partial charge is 0.410 e. The first-order chi connectivity index (χ1) is 11.2. The molecule has 0 radical (unpaired) electrons. The monoisotopic (exact) mass is 320 g/mol. The summed E-state index contributed by atoms with van der Waals surface area (Å²) in [5.41, 5.74) is 0.260. The van der Waals surface area contributed by atoms with Crippen molar-refractivity contribution in [2.24, 2.45) is 0 Å². The third-order valence-corrected chi connectivity index (χ3v) is 3.75. The average Bonchev–Trinajstić information content (AvgIpc) is 2.59. The van der Waals surface area contributed by atoms with E-state index in [2.05, 4.69) is 11.2 Å². The van der Waals surface area contributed by atoms with E-state index in [0.29, 0.717) is 12.3 Å². The van der Waals surface area contributed by atoms with Crippen LogP contribution in [0.25, 0.3) is 0 Å². The molecule has 0 unspecified atom stereocenters. The number of rotatable bonds is 5. The lowest BCUT2D eigenvalue weighted by Gasteiger charge is -2.34. The van der Waals surface area contributed by atoms with E-state index in [4.69, 9.17) is 15.9 Å². The van der Waals surface area contributed by atoms with E-state index in [1.54, 1.807) is 4.90 Å². The van der Waals surface area contributed by atoms with Crippen molar-refractivity contribution < 1.29 is 18.7 Å². The largest absolute Gasteiger partial charge is 0.481 e. The number of piperazine rings is 1. The molecule has 23 heavy (non-hydrogen) atoms. The summed E-state index contributed by atoms with van der Waals surface area (Å²) in [4.78, 5) is 13.9. The lowest BCUT2D eigenvalue weighted by Crippen LogP contribution is -2.53. The number of nitrogens with zero attached hydrogens (tertiary/aromatic N) is 1. The summed E-state index contributed by atoms with van der Waals surface area (Å²) in [5, 5.41) is 3.24. The molecule has 0 saturated carbocycles. The zero-order valence-corrected chi connectivity index (χ0v) is 13.2. The topological polar surface area (TPSA) is 50.8 Å². The van der Waals surface area contributed by atoms with Gasteiger partial charge in [0, 0.05) is 31.2 Å². The van der Waals surface area contributed by atoms with E-state index in [1.165, 1.54) is 18.2 Å². The zero-order chi connectivity index (χ0) is 16.7. The van der Waals surface area contributed by atoms with Gasteiger partial charge in [-0.1, -0.05) is 12.8 Å². The third-order valence-electron chi connectivity index (χ3n) is 3.75. The van der Waals surface area contributed by atoms with Crippen molar-refractivity contribution >= 4 is 6.09 Å². The summed E-state index contributed by atoms with van der Waals surface area (Å²) < 4.78 is 24.3. The van der Waals surface area contributed by atoms with Crippen LogP contribution in [-0.4, -0.2) is 43.3 Å². The van der Waals surface area contributed by atoms with Crippen molar-refractivity contribution in [2.75, 3.05) is 26.2 Å². The molecule has 0 spiro atoms. The highest BCUT2D eigenvalue weighted by Crippen LogP contribution is 2.18. The van der Waals surface area contributed by atoms with Gasteiger partial charge < -0.3 is 19.7 Å². The van der Waals surface area contributed by atoms with E-state index < -0.39 is 11.9 Å². The first-order valence-electron chi connectivity index (χ1n) is 7.64. The number of hydrogen-bond donors (Lipinski definition) is 1. The fourth-order valence-electron chi connectivity index (χ4n) is 2.46. The normalized spacial score (nSPS) is 17.4.